The van der Waals surface area contributed by atoms with Crippen LogP contribution in [0, 0.1) is 0 Å². The summed E-state index contributed by atoms with van der Waals surface area (Å²) in [5.74, 6) is 0.752. The summed E-state index contributed by atoms with van der Waals surface area (Å²) >= 11 is 11.2. The molecule has 0 aromatic heterocycles. The lowest BCUT2D eigenvalue weighted by molar-refractivity contribution is -0.143. The van der Waals surface area contributed by atoms with Gasteiger partial charge < -0.3 is 4.74 Å². The van der Waals surface area contributed by atoms with Gasteiger partial charge in [-0.1, -0.05) is 28.1 Å². The van der Waals surface area contributed by atoms with Crippen molar-refractivity contribution in [1.29, 1.82) is 0 Å². The fourth-order valence-corrected chi connectivity index (χ4v) is 3.57. The van der Waals surface area contributed by atoms with Crippen LogP contribution in [0.15, 0.2) is 29.2 Å². The third-order valence-electron chi connectivity index (χ3n) is 3.33. The van der Waals surface area contributed by atoms with Crippen LogP contribution in [0.25, 0.3) is 0 Å². The van der Waals surface area contributed by atoms with Crippen LogP contribution in [0.4, 0.5) is 0 Å². The first kappa shape index (κ1) is 15.2. The molecule has 1 saturated carbocycles. The summed E-state index contributed by atoms with van der Waals surface area (Å²) in [4.78, 5) is 13.0. The van der Waals surface area contributed by atoms with E-state index >= 15 is 0 Å². The standard InChI is InChI=1S/C14H16BrClO2S/c1-18-13(17)14(6-7-14)10-2-4-12(5-3-10)19-9-11(16)8-15/h2-5,11H,6-9H2,1H3. The zero-order chi connectivity index (χ0) is 13.9. The molecule has 0 amide bonds. The molecule has 0 bridgehead atoms. The van der Waals surface area contributed by atoms with Gasteiger partial charge in [0.15, 0.2) is 0 Å². The van der Waals surface area contributed by atoms with Crippen molar-refractivity contribution in [3.05, 3.63) is 29.8 Å². The van der Waals surface area contributed by atoms with E-state index in [0.717, 1.165) is 29.5 Å². The van der Waals surface area contributed by atoms with Crippen LogP contribution < -0.4 is 0 Å². The highest BCUT2D eigenvalue weighted by atomic mass is 79.9. The Morgan fingerprint density at radius 1 is 1.47 bits per heavy atom. The number of carbonyl (C=O) groups is 1. The van der Waals surface area contributed by atoms with Gasteiger partial charge in [-0.25, -0.2) is 0 Å². The van der Waals surface area contributed by atoms with E-state index in [-0.39, 0.29) is 16.8 Å². The highest BCUT2D eigenvalue weighted by Gasteiger charge is 2.52. The predicted molar refractivity (Wildman–Crippen MR) is 83.5 cm³/mol. The maximum Gasteiger partial charge on any atom is 0.316 e. The van der Waals surface area contributed by atoms with Crippen molar-refractivity contribution in [2.24, 2.45) is 0 Å². The Hall–Kier alpha value is -0.190. The molecule has 1 aromatic carbocycles. The van der Waals surface area contributed by atoms with E-state index in [9.17, 15) is 4.79 Å². The van der Waals surface area contributed by atoms with Crippen LogP contribution in [0.5, 0.6) is 0 Å². The molecule has 0 saturated heterocycles. The Balaban J connectivity index is 2.01. The van der Waals surface area contributed by atoms with Crippen molar-refractivity contribution < 1.29 is 9.53 Å². The summed E-state index contributed by atoms with van der Waals surface area (Å²) in [7, 11) is 1.45. The molecule has 0 aliphatic heterocycles. The Morgan fingerprint density at radius 2 is 2.11 bits per heavy atom. The number of carbonyl (C=O) groups excluding carboxylic acids is 1. The molecule has 0 spiro atoms. The zero-order valence-electron chi connectivity index (χ0n) is 10.7. The fraction of sp³-hybridized carbons (Fsp3) is 0.500. The molecule has 1 aliphatic carbocycles. The van der Waals surface area contributed by atoms with Gasteiger partial charge in [0.1, 0.15) is 0 Å². The lowest BCUT2D eigenvalue weighted by Crippen LogP contribution is -2.21. The lowest BCUT2D eigenvalue weighted by atomic mass is 9.96. The number of hydrogen-bond donors (Lipinski definition) is 0. The summed E-state index contributed by atoms with van der Waals surface area (Å²) in [6.45, 7) is 0. The first-order valence-electron chi connectivity index (χ1n) is 6.14. The number of ether oxygens (including phenoxy) is 1. The van der Waals surface area contributed by atoms with Crippen molar-refractivity contribution >= 4 is 45.3 Å². The molecule has 0 radical (unpaired) electrons. The Bertz CT molecular complexity index is 445. The average Bonchev–Trinajstić information content (AvgIpc) is 3.26. The number of hydrogen-bond acceptors (Lipinski definition) is 3. The Labute approximate surface area is 131 Å². The van der Waals surface area contributed by atoms with Crippen LogP contribution >= 0.6 is 39.3 Å². The van der Waals surface area contributed by atoms with E-state index in [1.54, 1.807) is 11.8 Å². The summed E-state index contributed by atoms with van der Waals surface area (Å²) in [6, 6.07) is 8.18. The first-order chi connectivity index (χ1) is 9.12. The number of benzene rings is 1. The van der Waals surface area contributed by atoms with E-state index in [1.165, 1.54) is 12.0 Å². The van der Waals surface area contributed by atoms with Crippen LogP contribution in [0.3, 0.4) is 0 Å². The Kier molecular flexibility index (Phi) is 5.21. The zero-order valence-corrected chi connectivity index (χ0v) is 13.9. The van der Waals surface area contributed by atoms with Gasteiger partial charge in [0.25, 0.3) is 0 Å². The van der Waals surface area contributed by atoms with E-state index in [1.807, 2.05) is 12.1 Å². The SMILES string of the molecule is COC(=O)C1(c2ccc(SCC(Cl)CBr)cc2)CC1. The first-order valence-corrected chi connectivity index (χ1v) is 8.68. The molecule has 1 atom stereocenters. The van der Waals surface area contributed by atoms with E-state index < -0.39 is 0 Å². The third kappa shape index (κ3) is 3.47. The van der Waals surface area contributed by atoms with Crippen LogP contribution in [-0.2, 0) is 14.9 Å². The van der Waals surface area contributed by atoms with Gasteiger partial charge >= 0.3 is 5.97 Å². The fourth-order valence-electron chi connectivity index (χ4n) is 2.03. The van der Waals surface area contributed by atoms with E-state index in [0.29, 0.717) is 0 Å². The molecular weight excluding hydrogens is 348 g/mol. The van der Waals surface area contributed by atoms with Gasteiger partial charge in [-0.15, -0.1) is 23.4 Å². The number of thioether (sulfide) groups is 1. The summed E-state index contributed by atoms with van der Waals surface area (Å²) in [5.41, 5.74) is 0.689. The van der Waals surface area contributed by atoms with Crippen molar-refractivity contribution in [3.8, 4) is 0 Å². The van der Waals surface area contributed by atoms with Crippen LogP contribution in [-0.4, -0.2) is 29.5 Å². The van der Waals surface area contributed by atoms with Gasteiger partial charge in [-0.3, -0.25) is 4.79 Å². The quantitative estimate of drug-likeness (QED) is 0.434. The minimum absolute atomic E-state index is 0.118. The second-order valence-electron chi connectivity index (χ2n) is 4.66. The molecule has 1 aliphatic rings. The Morgan fingerprint density at radius 3 is 2.58 bits per heavy atom. The molecule has 0 N–H and O–H groups in total. The second kappa shape index (κ2) is 6.51. The number of halogens is 2. The van der Waals surface area contributed by atoms with Crippen molar-refractivity contribution in [1.82, 2.24) is 0 Å². The summed E-state index contributed by atoms with van der Waals surface area (Å²) in [5, 5.41) is 0.931. The minimum atomic E-state index is -0.372. The van der Waals surface area contributed by atoms with Crippen molar-refractivity contribution in [2.75, 3.05) is 18.2 Å². The molecular formula is C14H16BrClO2S. The molecule has 1 fully saturated rings. The molecule has 1 unspecified atom stereocenters. The van der Waals surface area contributed by atoms with Gasteiger partial charge in [-0.05, 0) is 30.5 Å². The summed E-state index contributed by atoms with van der Waals surface area (Å²) < 4.78 is 4.89. The molecule has 19 heavy (non-hydrogen) atoms. The van der Waals surface area contributed by atoms with Gasteiger partial charge in [0.2, 0.25) is 0 Å². The van der Waals surface area contributed by atoms with Gasteiger partial charge in [0.05, 0.1) is 17.9 Å². The largest absolute Gasteiger partial charge is 0.468 e. The molecule has 2 nitrogen and oxygen atoms in total. The summed E-state index contributed by atoms with van der Waals surface area (Å²) in [6.07, 6.45) is 1.78. The van der Waals surface area contributed by atoms with E-state index in [4.69, 9.17) is 16.3 Å². The third-order valence-corrected chi connectivity index (χ3v) is 6.15. The number of methoxy groups -OCH3 is 1. The normalized spacial score (nSPS) is 17.8. The smallest absolute Gasteiger partial charge is 0.316 e. The van der Waals surface area contributed by atoms with Gasteiger partial charge in [-0.2, -0.15) is 0 Å². The number of rotatable bonds is 6. The van der Waals surface area contributed by atoms with Gasteiger partial charge in [0, 0.05) is 16.0 Å². The molecule has 1 aromatic rings. The van der Waals surface area contributed by atoms with Crippen molar-refractivity contribution in [2.45, 2.75) is 28.5 Å². The molecule has 0 heterocycles. The lowest BCUT2D eigenvalue weighted by Gasteiger charge is -2.13. The van der Waals surface area contributed by atoms with Crippen LogP contribution in [0.2, 0.25) is 0 Å². The molecule has 104 valence electrons. The molecule has 5 heteroatoms. The topological polar surface area (TPSA) is 26.3 Å². The number of alkyl halides is 2. The van der Waals surface area contributed by atoms with Crippen molar-refractivity contribution in [3.63, 3.8) is 0 Å². The molecule has 2 rings (SSSR count). The maximum absolute atomic E-state index is 11.8. The van der Waals surface area contributed by atoms with E-state index in [2.05, 4.69) is 28.1 Å². The predicted octanol–water partition coefficient (Wildman–Crippen LogP) is 3.99. The average molecular weight is 364 g/mol. The monoisotopic (exact) mass is 362 g/mol. The highest BCUT2D eigenvalue weighted by molar-refractivity contribution is 9.09. The van der Waals surface area contributed by atoms with Crippen LogP contribution in [0.1, 0.15) is 18.4 Å². The highest BCUT2D eigenvalue weighted by Crippen LogP contribution is 2.49. The second-order valence-corrected chi connectivity index (χ2v) is 7.02. The minimum Gasteiger partial charge on any atom is -0.468 e. The number of esters is 1. The maximum atomic E-state index is 11.8.